The molecular formula is C28H28N6O4S2. The van der Waals surface area contributed by atoms with Gasteiger partial charge in [-0.25, -0.2) is 5.01 Å². The molecule has 1 atom stereocenters. The normalized spacial score (nSPS) is 14.6. The predicted molar refractivity (Wildman–Crippen MR) is 154 cm³/mol. The van der Waals surface area contributed by atoms with Crippen LogP contribution in [0, 0.1) is 0 Å². The van der Waals surface area contributed by atoms with E-state index in [9.17, 15) is 9.59 Å². The quantitative estimate of drug-likeness (QED) is 0.280. The largest absolute Gasteiger partial charge is 0.497 e. The maximum Gasteiger partial charge on any atom is 0.255 e. The number of nitrogens with zero attached hydrogens (tertiary/aromatic N) is 5. The minimum Gasteiger partial charge on any atom is -0.497 e. The standard InChI is InChI=1S/C28H28N6O4S2/c1-33-25(16-29-27(36)20-7-4-5-8-23(20)38-3)30-31-28(33)40-17-26(35)34-22(18-10-12-19(37-2)13-11-18)15-21(32-34)24-9-6-14-39-24/h4-14,22H,15-17H2,1-3H3,(H,29,36). The van der Waals surface area contributed by atoms with Crippen molar-refractivity contribution in [2.75, 3.05) is 20.0 Å². The Morgan fingerprint density at radius 2 is 1.85 bits per heavy atom. The number of hydrazone groups is 1. The molecule has 40 heavy (non-hydrogen) atoms. The third-order valence-corrected chi connectivity index (χ3v) is 8.40. The van der Waals surface area contributed by atoms with Gasteiger partial charge in [0.15, 0.2) is 11.0 Å². The van der Waals surface area contributed by atoms with Gasteiger partial charge in [-0.15, -0.1) is 21.5 Å². The number of methoxy groups -OCH3 is 2. The molecule has 0 spiro atoms. The summed E-state index contributed by atoms with van der Waals surface area (Å²) < 4.78 is 12.3. The van der Waals surface area contributed by atoms with Crippen molar-refractivity contribution in [1.29, 1.82) is 0 Å². The molecule has 206 valence electrons. The molecule has 2 aromatic heterocycles. The molecule has 10 nitrogen and oxygen atoms in total. The number of benzene rings is 2. The summed E-state index contributed by atoms with van der Waals surface area (Å²) >= 11 is 2.89. The van der Waals surface area contributed by atoms with Gasteiger partial charge >= 0.3 is 0 Å². The minimum absolute atomic E-state index is 0.132. The number of rotatable bonds is 10. The van der Waals surface area contributed by atoms with Crippen molar-refractivity contribution in [1.82, 2.24) is 25.1 Å². The van der Waals surface area contributed by atoms with Crippen molar-refractivity contribution in [3.8, 4) is 11.5 Å². The lowest BCUT2D eigenvalue weighted by Gasteiger charge is -2.22. The number of nitrogens with one attached hydrogen (secondary N) is 1. The van der Waals surface area contributed by atoms with E-state index in [2.05, 4.69) is 15.5 Å². The second-order valence-electron chi connectivity index (χ2n) is 8.88. The second kappa shape index (κ2) is 12.3. The summed E-state index contributed by atoms with van der Waals surface area (Å²) in [5.74, 6) is 1.54. The Morgan fingerprint density at radius 1 is 1.05 bits per heavy atom. The lowest BCUT2D eigenvalue weighted by Crippen LogP contribution is -2.28. The first-order valence-corrected chi connectivity index (χ1v) is 14.3. The van der Waals surface area contributed by atoms with E-state index >= 15 is 0 Å². The molecule has 1 aliphatic heterocycles. The van der Waals surface area contributed by atoms with E-state index in [4.69, 9.17) is 14.6 Å². The van der Waals surface area contributed by atoms with Gasteiger partial charge in [-0.3, -0.25) is 9.59 Å². The van der Waals surface area contributed by atoms with E-state index in [1.807, 2.05) is 41.8 Å². The fraction of sp³-hybridized carbons (Fsp3) is 0.250. The molecular weight excluding hydrogens is 548 g/mol. The Balaban J connectivity index is 1.25. The monoisotopic (exact) mass is 576 g/mol. The van der Waals surface area contributed by atoms with Crippen molar-refractivity contribution in [2.45, 2.75) is 24.2 Å². The number of carbonyl (C=O) groups excluding carboxylic acids is 2. The van der Waals surface area contributed by atoms with E-state index in [0.717, 1.165) is 21.9 Å². The van der Waals surface area contributed by atoms with Crippen LogP contribution < -0.4 is 14.8 Å². The molecule has 0 saturated heterocycles. The number of thiophene rings is 1. The highest BCUT2D eigenvalue weighted by Gasteiger charge is 2.33. The van der Waals surface area contributed by atoms with E-state index in [1.165, 1.54) is 18.9 Å². The zero-order chi connectivity index (χ0) is 28.1. The molecule has 3 heterocycles. The summed E-state index contributed by atoms with van der Waals surface area (Å²) in [6, 6.07) is 18.5. The Hall–Kier alpha value is -4.16. The lowest BCUT2D eigenvalue weighted by atomic mass is 10.0. The Kier molecular flexibility index (Phi) is 8.46. The highest BCUT2D eigenvalue weighted by molar-refractivity contribution is 7.99. The van der Waals surface area contributed by atoms with E-state index in [1.54, 1.807) is 59.3 Å². The minimum atomic E-state index is -0.275. The van der Waals surface area contributed by atoms with Crippen LogP contribution in [0.25, 0.3) is 0 Å². The summed E-state index contributed by atoms with van der Waals surface area (Å²) in [5, 5.41) is 20.2. The first kappa shape index (κ1) is 27.4. The van der Waals surface area contributed by atoms with E-state index in [0.29, 0.717) is 28.7 Å². The van der Waals surface area contributed by atoms with Gasteiger partial charge < -0.3 is 19.4 Å². The van der Waals surface area contributed by atoms with Gasteiger partial charge in [-0.05, 0) is 41.3 Å². The molecule has 0 fully saturated rings. The molecule has 12 heteroatoms. The Labute approximate surface area is 240 Å². The SMILES string of the molecule is COc1ccc(C2CC(c3cccs3)=NN2C(=O)CSc2nnc(CNC(=O)c3ccccc3OC)n2C)cc1. The van der Waals surface area contributed by atoms with Crippen LogP contribution in [0.15, 0.2) is 76.3 Å². The van der Waals surface area contributed by atoms with Crippen molar-refractivity contribution in [2.24, 2.45) is 12.1 Å². The first-order valence-electron chi connectivity index (χ1n) is 12.5. The number of carbonyl (C=O) groups is 2. The third-order valence-electron chi connectivity index (χ3n) is 6.48. The average molecular weight is 577 g/mol. The molecule has 0 radical (unpaired) electrons. The van der Waals surface area contributed by atoms with Gasteiger partial charge in [0.25, 0.3) is 11.8 Å². The summed E-state index contributed by atoms with van der Waals surface area (Å²) in [6.45, 7) is 0.176. The fourth-order valence-corrected chi connectivity index (χ4v) is 5.82. The van der Waals surface area contributed by atoms with Crippen molar-refractivity contribution in [3.05, 3.63) is 87.9 Å². The van der Waals surface area contributed by atoms with Crippen LogP contribution in [0.4, 0.5) is 0 Å². The maximum atomic E-state index is 13.4. The molecule has 5 rings (SSSR count). The average Bonchev–Trinajstić information content (AvgIpc) is 3.75. The van der Waals surface area contributed by atoms with Crippen molar-refractivity contribution in [3.63, 3.8) is 0 Å². The second-order valence-corrected chi connectivity index (χ2v) is 10.8. The Bertz CT molecular complexity index is 1520. The molecule has 2 aromatic carbocycles. The van der Waals surface area contributed by atoms with Crippen LogP contribution in [0.1, 0.15) is 39.1 Å². The van der Waals surface area contributed by atoms with Gasteiger partial charge in [0.1, 0.15) is 11.5 Å². The topological polar surface area (TPSA) is 111 Å². The molecule has 2 amide bonds. The van der Waals surface area contributed by atoms with Gasteiger partial charge in [-0.2, -0.15) is 5.10 Å². The van der Waals surface area contributed by atoms with Gasteiger partial charge in [0, 0.05) is 13.5 Å². The van der Waals surface area contributed by atoms with Crippen LogP contribution >= 0.6 is 23.1 Å². The molecule has 1 unspecified atom stereocenters. The lowest BCUT2D eigenvalue weighted by molar-refractivity contribution is -0.130. The molecule has 1 aliphatic rings. The zero-order valence-corrected chi connectivity index (χ0v) is 23.9. The van der Waals surface area contributed by atoms with Gasteiger partial charge in [0.2, 0.25) is 0 Å². The molecule has 0 saturated carbocycles. The molecule has 1 N–H and O–H groups in total. The van der Waals surface area contributed by atoms with Gasteiger partial charge in [-0.1, -0.05) is 42.1 Å². The first-order chi connectivity index (χ1) is 19.5. The smallest absolute Gasteiger partial charge is 0.255 e. The highest BCUT2D eigenvalue weighted by Crippen LogP contribution is 2.35. The third kappa shape index (κ3) is 5.87. The van der Waals surface area contributed by atoms with Crippen LogP contribution in [0.3, 0.4) is 0 Å². The number of hydrogen-bond donors (Lipinski definition) is 1. The van der Waals surface area contributed by atoms with Crippen LogP contribution in [-0.4, -0.2) is 57.3 Å². The van der Waals surface area contributed by atoms with E-state index < -0.39 is 0 Å². The fourth-order valence-electron chi connectivity index (χ4n) is 4.32. The summed E-state index contributed by atoms with van der Waals surface area (Å²) in [6.07, 6.45) is 0.628. The number of thioether (sulfide) groups is 1. The summed E-state index contributed by atoms with van der Waals surface area (Å²) in [4.78, 5) is 27.1. The molecule has 4 aromatic rings. The zero-order valence-electron chi connectivity index (χ0n) is 22.2. The van der Waals surface area contributed by atoms with Crippen molar-refractivity contribution >= 4 is 40.6 Å². The number of hydrogen-bond acceptors (Lipinski definition) is 9. The summed E-state index contributed by atoms with van der Waals surface area (Å²) in [7, 11) is 4.96. The highest BCUT2D eigenvalue weighted by atomic mass is 32.2. The molecule has 0 bridgehead atoms. The van der Waals surface area contributed by atoms with Crippen LogP contribution in [0.2, 0.25) is 0 Å². The van der Waals surface area contributed by atoms with Crippen LogP contribution in [-0.2, 0) is 18.4 Å². The Morgan fingerprint density at radius 3 is 2.58 bits per heavy atom. The number of para-hydroxylation sites is 1. The van der Waals surface area contributed by atoms with E-state index in [-0.39, 0.29) is 30.2 Å². The maximum absolute atomic E-state index is 13.4. The number of amides is 2. The van der Waals surface area contributed by atoms with Crippen molar-refractivity contribution < 1.29 is 19.1 Å². The number of aromatic nitrogens is 3. The summed E-state index contributed by atoms with van der Waals surface area (Å²) in [5.41, 5.74) is 2.31. The number of ether oxygens (including phenoxy) is 2. The van der Waals surface area contributed by atoms with Crippen LogP contribution in [0.5, 0.6) is 11.5 Å². The predicted octanol–water partition coefficient (Wildman–Crippen LogP) is 4.29. The van der Waals surface area contributed by atoms with Gasteiger partial charge in [0.05, 0.1) is 48.7 Å². The molecule has 0 aliphatic carbocycles.